The van der Waals surface area contributed by atoms with Gasteiger partial charge >= 0.3 is 18.1 Å². The average Bonchev–Trinajstić information content (AvgIpc) is 3.38. The van der Waals surface area contributed by atoms with Crippen LogP contribution < -0.4 is 4.90 Å². The molecule has 1 aliphatic carbocycles. The minimum Gasteiger partial charge on any atom is -0.381 e. The summed E-state index contributed by atoms with van der Waals surface area (Å²) >= 11 is 0. The molecule has 1 aliphatic heterocycles. The number of ether oxygens (including phenoxy) is 2. The molecule has 0 unspecified atom stereocenters. The van der Waals surface area contributed by atoms with Crippen LogP contribution in [-0.2, 0) is 27.1 Å². The van der Waals surface area contributed by atoms with Crippen molar-refractivity contribution in [2.24, 2.45) is 0 Å². The number of hydrogen-bond acceptors (Lipinski definition) is 9. The molecule has 0 bridgehead atoms. The number of halogens is 3. The summed E-state index contributed by atoms with van der Waals surface area (Å²) in [7, 11) is 0. The maximum atomic E-state index is 12.5. The largest absolute Gasteiger partial charge is 0.491 e. The summed E-state index contributed by atoms with van der Waals surface area (Å²) in [5.74, 6) is -4.11. The number of alkyl halides is 3. The van der Waals surface area contributed by atoms with Gasteiger partial charge in [-0.1, -0.05) is 6.07 Å². The first-order valence-electron chi connectivity index (χ1n) is 13.4. The molecule has 0 amide bonds. The number of aryl methyl sites for hydroxylation is 2. The Labute approximate surface area is 237 Å². The number of fused-ring (bicyclic) bond motifs is 2. The molecule has 6 rings (SSSR count). The lowest BCUT2D eigenvalue weighted by Crippen LogP contribution is -2.36. The molecular weight excluding hydrogens is 553 g/mol. The first-order valence-corrected chi connectivity index (χ1v) is 13.4. The first-order chi connectivity index (χ1) is 20.3. The van der Waals surface area contributed by atoms with Crippen molar-refractivity contribution in [1.82, 2.24) is 24.6 Å². The van der Waals surface area contributed by atoms with Crippen LogP contribution in [0.25, 0.3) is 29.1 Å². The van der Waals surface area contributed by atoms with Crippen LogP contribution in [0.1, 0.15) is 46.0 Å². The van der Waals surface area contributed by atoms with E-state index >= 15 is 0 Å². The number of imidazole rings is 1. The fourth-order valence-electron chi connectivity index (χ4n) is 5.09. The molecule has 0 atom stereocenters. The quantitative estimate of drug-likeness (QED) is 0.253. The van der Waals surface area contributed by atoms with E-state index in [1.54, 1.807) is 10.7 Å². The summed E-state index contributed by atoms with van der Waals surface area (Å²) < 4.78 is 48.7. The highest BCUT2D eigenvalue weighted by Gasteiger charge is 2.42. The summed E-state index contributed by atoms with van der Waals surface area (Å²) in [5, 5.41) is 4.53. The van der Waals surface area contributed by atoms with Crippen LogP contribution in [0.2, 0.25) is 0 Å². The molecule has 4 aromatic rings. The molecule has 216 valence electrons. The Morgan fingerprint density at radius 2 is 1.79 bits per heavy atom. The van der Waals surface area contributed by atoms with Crippen LogP contribution >= 0.6 is 0 Å². The summed E-state index contributed by atoms with van der Waals surface area (Å²) in [6, 6.07) is 8.63. The third-order valence-corrected chi connectivity index (χ3v) is 7.15. The van der Waals surface area contributed by atoms with Crippen LogP contribution in [-0.4, -0.2) is 69.0 Å². The number of rotatable bonds is 5. The predicted molar refractivity (Wildman–Crippen MR) is 146 cm³/mol. The van der Waals surface area contributed by atoms with Crippen molar-refractivity contribution >= 4 is 35.4 Å². The molecule has 10 nitrogen and oxygen atoms in total. The maximum Gasteiger partial charge on any atom is 0.491 e. The van der Waals surface area contributed by atoms with Crippen molar-refractivity contribution < 1.29 is 32.2 Å². The lowest BCUT2D eigenvalue weighted by atomic mass is 9.96. The Balaban J connectivity index is 1.39. The second-order valence-corrected chi connectivity index (χ2v) is 9.89. The van der Waals surface area contributed by atoms with Crippen LogP contribution in [0, 0.1) is 0 Å². The van der Waals surface area contributed by atoms with Gasteiger partial charge in [0.2, 0.25) is 0 Å². The van der Waals surface area contributed by atoms with Gasteiger partial charge < -0.3 is 14.4 Å². The van der Waals surface area contributed by atoms with Gasteiger partial charge in [0, 0.05) is 30.5 Å². The van der Waals surface area contributed by atoms with Gasteiger partial charge in [-0.25, -0.2) is 24.1 Å². The predicted octanol–water partition coefficient (Wildman–Crippen LogP) is 4.32. The zero-order valence-corrected chi connectivity index (χ0v) is 22.3. The molecule has 1 fully saturated rings. The fraction of sp³-hybridized carbons (Fsp3) is 0.310. The second-order valence-electron chi connectivity index (χ2n) is 9.89. The number of carbonyl (C=O) groups excluding carboxylic acids is 2. The molecule has 0 saturated carbocycles. The van der Waals surface area contributed by atoms with Crippen molar-refractivity contribution in [2.75, 3.05) is 31.2 Å². The molecule has 2 aliphatic rings. The molecule has 0 N–H and O–H groups in total. The van der Waals surface area contributed by atoms with Gasteiger partial charge in [-0.15, -0.1) is 0 Å². The van der Waals surface area contributed by atoms with Gasteiger partial charge in [0.25, 0.3) is 0 Å². The Hall–Kier alpha value is -4.65. The van der Waals surface area contributed by atoms with Crippen LogP contribution in [0.4, 0.5) is 18.9 Å². The van der Waals surface area contributed by atoms with E-state index in [-0.39, 0.29) is 0 Å². The lowest BCUT2D eigenvalue weighted by molar-refractivity contribution is -0.193. The van der Waals surface area contributed by atoms with Gasteiger partial charge in [-0.2, -0.15) is 18.3 Å². The van der Waals surface area contributed by atoms with E-state index in [2.05, 4.69) is 25.8 Å². The van der Waals surface area contributed by atoms with Crippen molar-refractivity contribution in [3.05, 3.63) is 71.1 Å². The molecule has 0 spiro atoms. The highest BCUT2D eigenvalue weighted by Crippen LogP contribution is 2.31. The standard InChI is InChI=1S/C29H25F3N6O4/c30-29(31,32)28(40)42-27(39)23-9-6-19(17-33-23)25-22(10-8-20-7-5-18-3-1-2-4-21(18)35-20)36-26-24(11-12-34-38(25)26)37-13-15-41-16-14-37/h5-12,17H,1-4,13-16H2/b10-8+. The van der Waals surface area contributed by atoms with Gasteiger partial charge in [-0.3, -0.25) is 4.98 Å². The van der Waals surface area contributed by atoms with Crippen molar-refractivity contribution in [2.45, 2.75) is 31.9 Å². The number of morpholine rings is 1. The molecule has 42 heavy (non-hydrogen) atoms. The first kappa shape index (κ1) is 27.5. The van der Waals surface area contributed by atoms with Crippen molar-refractivity contribution in [3.63, 3.8) is 0 Å². The average molecular weight is 579 g/mol. The number of aromatic nitrogens is 5. The van der Waals surface area contributed by atoms with Crippen molar-refractivity contribution in [1.29, 1.82) is 0 Å². The van der Waals surface area contributed by atoms with E-state index < -0.39 is 23.8 Å². The van der Waals surface area contributed by atoms with Gasteiger partial charge in [0.1, 0.15) is 11.4 Å². The SMILES string of the molecule is O=C(OC(=O)C(F)(F)F)c1ccc(-c2c(/C=C/c3ccc4c(n3)CCCC4)nc3c(N4CCOCC4)ccnn23)cn1. The minimum atomic E-state index is -5.30. The van der Waals surface area contributed by atoms with Crippen LogP contribution in [0.5, 0.6) is 0 Å². The Kier molecular flexibility index (Phi) is 7.42. The van der Waals surface area contributed by atoms with E-state index in [1.165, 1.54) is 23.9 Å². The molecule has 4 aromatic heterocycles. The molecule has 0 radical (unpaired) electrons. The maximum absolute atomic E-state index is 12.5. The minimum absolute atomic E-state index is 0.456. The third-order valence-electron chi connectivity index (χ3n) is 7.15. The van der Waals surface area contributed by atoms with E-state index in [1.807, 2.05) is 24.3 Å². The van der Waals surface area contributed by atoms with Crippen LogP contribution in [0.15, 0.2) is 42.7 Å². The summed E-state index contributed by atoms with van der Waals surface area (Å²) in [4.78, 5) is 39.0. The molecule has 1 saturated heterocycles. The van der Waals surface area contributed by atoms with E-state index in [9.17, 15) is 22.8 Å². The smallest absolute Gasteiger partial charge is 0.381 e. The number of carbonyl (C=O) groups is 2. The fourth-order valence-corrected chi connectivity index (χ4v) is 5.09. The Bertz CT molecular complexity index is 1680. The Morgan fingerprint density at radius 1 is 0.976 bits per heavy atom. The molecule has 5 heterocycles. The van der Waals surface area contributed by atoms with Crippen molar-refractivity contribution in [3.8, 4) is 11.3 Å². The molecule has 0 aromatic carbocycles. The second kappa shape index (κ2) is 11.3. The van der Waals surface area contributed by atoms with E-state index in [0.29, 0.717) is 48.9 Å². The van der Waals surface area contributed by atoms with Crippen LogP contribution in [0.3, 0.4) is 0 Å². The number of hydrogen-bond donors (Lipinski definition) is 0. The topological polar surface area (TPSA) is 112 Å². The Morgan fingerprint density at radius 3 is 2.55 bits per heavy atom. The summed E-state index contributed by atoms with van der Waals surface area (Å²) in [5.41, 5.74) is 5.74. The highest BCUT2D eigenvalue weighted by molar-refractivity contribution is 5.97. The molecular formula is C29H25F3N6O4. The highest BCUT2D eigenvalue weighted by atomic mass is 19.4. The number of pyridine rings is 2. The monoisotopic (exact) mass is 578 g/mol. The van der Waals surface area contributed by atoms with E-state index in [4.69, 9.17) is 14.7 Å². The summed E-state index contributed by atoms with van der Waals surface area (Å²) in [6.07, 6.45) is 5.60. The zero-order valence-electron chi connectivity index (χ0n) is 22.3. The van der Waals surface area contributed by atoms with Gasteiger partial charge in [0.15, 0.2) is 5.65 Å². The number of anilines is 1. The van der Waals surface area contributed by atoms with Gasteiger partial charge in [0.05, 0.1) is 36.5 Å². The van der Waals surface area contributed by atoms with Gasteiger partial charge in [-0.05, 0) is 67.7 Å². The third kappa shape index (κ3) is 5.59. The number of esters is 2. The molecule has 13 heteroatoms. The lowest BCUT2D eigenvalue weighted by Gasteiger charge is -2.28. The van der Waals surface area contributed by atoms with E-state index in [0.717, 1.165) is 42.8 Å². The number of nitrogens with zero attached hydrogens (tertiary/aromatic N) is 6. The zero-order chi connectivity index (χ0) is 29.3. The normalized spacial score (nSPS) is 15.6. The summed E-state index contributed by atoms with van der Waals surface area (Å²) in [6.45, 7) is 2.52.